The maximum atomic E-state index is 9.95. The van der Waals surface area contributed by atoms with Crippen molar-refractivity contribution in [2.75, 3.05) is 6.61 Å². The number of carbonyl (C=O) groups is 1. The topological polar surface area (TPSA) is 65.2 Å². The molecule has 0 radical (unpaired) electrons. The lowest BCUT2D eigenvalue weighted by Gasteiger charge is -1.95. The fourth-order valence-electron chi connectivity index (χ4n) is 1.26. The van der Waals surface area contributed by atoms with E-state index in [0.717, 1.165) is 5.56 Å². The molecular formula is C11H9ClN2O3. The van der Waals surface area contributed by atoms with E-state index in [1.54, 1.807) is 24.3 Å². The molecule has 88 valence electrons. The third-order valence-corrected chi connectivity index (χ3v) is 2.31. The Hall–Kier alpha value is -1.88. The number of nitrogens with zero attached hydrogens (tertiary/aromatic N) is 2. The van der Waals surface area contributed by atoms with Crippen LogP contribution in [0.4, 0.5) is 0 Å². The first-order valence-corrected chi connectivity index (χ1v) is 5.31. The van der Waals surface area contributed by atoms with Crippen molar-refractivity contribution in [2.24, 2.45) is 0 Å². The van der Waals surface area contributed by atoms with Crippen LogP contribution in [0, 0.1) is 0 Å². The van der Waals surface area contributed by atoms with Crippen LogP contribution >= 0.6 is 11.6 Å². The number of hydrogen-bond donors (Lipinski definition) is 0. The summed E-state index contributed by atoms with van der Waals surface area (Å²) in [5.74, 6) is 0.847. The van der Waals surface area contributed by atoms with Gasteiger partial charge in [0.15, 0.2) is 0 Å². The Bertz CT molecular complexity index is 496. The van der Waals surface area contributed by atoms with E-state index >= 15 is 0 Å². The van der Waals surface area contributed by atoms with E-state index < -0.39 is 0 Å². The Morgan fingerprint density at radius 2 is 2.06 bits per heavy atom. The Labute approximate surface area is 102 Å². The van der Waals surface area contributed by atoms with Gasteiger partial charge in [0, 0.05) is 10.6 Å². The quantitative estimate of drug-likeness (QED) is 0.602. The molecule has 0 saturated carbocycles. The molecule has 0 aliphatic rings. The molecule has 0 unspecified atom stereocenters. The van der Waals surface area contributed by atoms with E-state index in [9.17, 15) is 4.79 Å². The molecule has 0 saturated heterocycles. The van der Waals surface area contributed by atoms with Gasteiger partial charge in [-0.3, -0.25) is 4.79 Å². The van der Waals surface area contributed by atoms with Crippen molar-refractivity contribution >= 4 is 18.1 Å². The molecule has 0 fully saturated rings. The second-order valence-electron chi connectivity index (χ2n) is 3.22. The molecule has 0 bridgehead atoms. The van der Waals surface area contributed by atoms with Crippen molar-refractivity contribution in [3.63, 3.8) is 0 Å². The van der Waals surface area contributed by atoms with Crippen LogP contribution in [0.3, 0.4) is 0 Å². The monoisotopic (exact) mass is 252 g/mol. The highest BCUT2D eigenvalue weighted by Gasteiger charge is 2.08. The summed E-state index contributed by atoms with van der Waals surface area (Å²) in [5.41, 5.74) is 0.796. The van der Waals surface area contributed by atoms with Gasteiger partial charge in [0.2, 0.25) is 11.8 Å². The minimum absolute atomic E-state index is 0.228. The first-order valence-electron chi connectivity index (χ1n) is 4.93. The lowest BCUT2D eigenvalue weighted by Crippen LogP contribution is -1.96. The SMILES string of the molecule is O=COCCc1nnc(-c2ccc(Cl)cc2)o1. The standard InChI is InChI=1S/C11H9ClN2O3/c12-9-3-1-8(2-4-9)11-14-13-10(17-11)5-6-16-7-15/h1-4,7H,5-6H2. The molecule has 2 aromatic rings. The summed E-state index contributed by atoms with van der Waals surface area (Å²) in [5, 5.41) is 8.38. The molecular weight excluding hydrogens is 244 g/mol. The fraction of sp³-hybridized carbons (Fsp3) is 0.182. The van der Waals surface area contributed by atoms with E-state index in [0.29, 0.717) is 29.7 Å². The van der Waals surface area contributed by atoms with Crippen molar-refractivity contribution in [3.8, 4) is 11.5 Å². The van der Waals surface area contributed by atoms with Crippen molar-refractivity contribution in [3.05, 3.63) is 35.2 Å². The van der Waals surface area contributed by atoms with E-state index in [2.05, 4.69) is 14.9 Å². The van der Waals surface area contributed by atoms with E-state index in [4.69, 9.17) is 16.0 Å². The molecule has 6 heteroatoms. The zero-order chi connectivity index (χ0) is 12.1. The van der Waals surface area contributed by atoms with Crippen molar-refractivity contribution in [2.45, 2.75) is 6.42 Å². The van der Waals surface area contributed by atoms with Crippen LogP contribution in [0.15, 0.2) is 28.7 Å². The number of hydrogen-bond acceptors (Lipinski definition) is 5. The third kappa shape index (κ3) is 3.04. The molecule has 0 aliphatic carbocycles. The Morgan fingerprint density at radius 3 is 2.76 bits per heavy atom. The second kappa shape index (κ2) is 5.45. The third-order valence-electron chi connectivity index (χ3n) is 2.06. The molecule has 1 aromatic carbocycles. The highest BCUT2D eigenvalue weighted by molar-refractivity contribution is 6.30. The maximum absolute atomic E-state index is 9.95. The molecule has 0 amide bonds. The van der Waals surface area contributed by atoms with Crippen LogP contribution in [0.25, 0.3) is 11.5 Å². The van der Waals surface area contributed by atoms with Crippen LogP contribution in [0.5, 0.6) is 0 Å². The number of ether oxygens (including phenoxy) is 1. The summed E-state index contributed by atoms with van der Waals surface area (Å²) in [4.78, 5) is 9.95. The lowest BCUT2D eigenvalue weighted by molar-refractivity contribution is -0.128. The van der Waals surface area contributed by atoms with Crippen molar-refractivity contribution in [1.82, 2.24) is 10.2 Å². The van der Waals surface area contributed by atoms with Gasteiger partial charge in [-0.25, -0.2) is 0 Å². The number of halogens is 1. The van der Waals surface area contributed by atoms with E-state index in [1.807, 2.05) is 0 Å². The van der Waals surface area contributed by atoms with Gasteiger partial charge in [-0.1, -0.05) is 11.6 Å². The average molecular weight is 253 g/mol. The largest absolute Gasteiger partial charge is 0.467 e. The molecule has 0 spiro atoms. The van der Waals surface area contributed by atoms with Crippen LogP contribution in [-0.4, -0.2) is 23.3 Å². The molecule has 1 heterocycles. The summed E-state index contributed by atoms with van der Waals surface area (Å²) < 4.78 is 9.94. The van der Waals surface area contributed by atoms with Crippen LogP contribution < -0.4 is 0 Å². The predicted octanol–water partition coefficient (Wildman–Crippen LogP) is 2.11. The normalized spacial score (nSPS) is 10.2. The molecule has 0 N–H and O–H groups in total. The number of rotatable bonds is 5. The summed E-state index contributed by atoms with van der Waals surface area (Å²) in [6.07, 6.45) is 0.402. The summed E-state index contributed by atoms with van der Waals surface area (Å²) in [6.45, 7) is 0.613. The Kier molecular flexibility index (Phi) is 3.72. The number of aromatic nitrogens is 2. The van der Waals surface area contributed by atoms with E-state index in [-0.39, 0.29) is 6.61 Å². The number of benzene rings is 1. The van der Waals surface area contributed by atoms with Crippen LogP contribution in [0.1, 0.15) is 5.89 Å². The van der Waals surface area contributed by atoms with Crippen molar-refractivity contribution < 1.29 is 13.9 Å². The van der Waals surface area contributed by atoms with Crippen LogP contribution in [-0.2, 0) is 16.0 Å². The van der Waals surface area contributed by atoms with Crippen LogP contribution in [0.2, 0.25) is 5.02 Å². The minimum Gasteiger partial charge on any atom is -0.467 e. The van der Waals surface area contributed by atoms with Gasteiger partial charge >= 0.3 is 0 Å². The van der Waals surface area contributed by atoms with Gasteiger partial charge in [0.05, 0.1) is 13.0 Å². The average Bonchev–Trinajstić information content (AvgIpc) is 2.79. The first-order chi connectivity index (χ1) is 8.29. The van der Waals surface area contributed by atoms with Gasteiger partial charge in [-0.05, 0) is 24.3 Å². The smallest absolute Gasteiger partial charge is 0.293 e. The fourth-order valence-corrected chi connectivity index (χ4v) is 1.38. The summed E-state index contributed by atoms with van der Waals surface area (Å²) >= 11 is 5.77. The lowest BCUT2D eigenvalue weighted by atomic mass is 10.2. The Balaban J connectivity index is 2.07. The van der Waals surface area contributed by atoms with Gasteiger partial charge in [0.25, 0.3) is 6.47 Å². The molecule has 0 aliphatic heterocycles. The maximum Gasteiger partial charge on any atom is 0.293 e. The molecule has 2 rings (SSSR count). The van der Waals surface area contributed by atoms with E-state index in [1.165, 1.54) is 0 Å². The van der Waals surface area contributed by atoms with Gasteiger partial charge in [-0.15, -0.1) is 10.2 Å². The first kappa shape index (κ1) is 11.6. The van der Waals surface area contributed by atoms with Gasteiger partial charge in [-0.2, -0.15) is 0 Å². The highest BCUT2D eigenvalue weighted by Crippen LogP contribution is 2.20. The van der Waals surface area contributed by atoms with Crippen molar-refractivity contribution in [1.29, 1.82) is 0 Å². The zero-order valence-corrected chi connectivity index (χ0v) is 9.55. The number of carbonyl (C=O) groups excluding carboxylic acids is 1. The predicted molar refractivity (Wildman–Crippen MR) is 60.5 cm³/mol. The van der Waals surface area contributed by atoms with Gasteiger partial charge in [0.1, 0.15) is 0 Å². The highest BCUT2D eigenvalue weighted by atomic mass is 35.5. The molecule has 17 heavy (non-hydrogen) atoms. The Morgan fingerprint density at radius 1 is 1.29 bits per heavy atom. The summed E-state index contributed by atoms with van der Waals surface area (Å²) in [6, 6.07) is 7.08. The second-order valence-corrected chi connectivity index (χ2v) is 3.66. The molecule has 5 nitrogen and oxygen atoms in total. The summed E-state index contributed by atoms with van der Waals surface area (Å²) in [7, 11) is 0. The van der Waals surface area contributed by atoms with Gasteiger partial charge < -0.3 is 9.15 Å². The molecule has 0 atom stereocenters. The zero-order valence-electron chi connectivity index (χ0n) is 8.80. The molecule has 1 aromatic heterocycles. The minimum atomic E-state index is 0.228.